The minimum absolute atomic E-state index is 0.0768. The van der Waals surface area contributed by atoms with E-state index in [-0.39, 0.29) is 5.92 Å². The van der Waals surface area contributed by atoms with Gasteiger partial charge in [-0.1, -0.05) is 177 Å². The normalized spacial score (nSPS) is 14.0. The molecule has 9 aromatic rings. The van der Waals surface area contributed by atoms with Gasteiger partial charge in [0.25, 0.3) is 0 Å². The molecule has 1 unspecified atom stereocenters. The Morgan fingerprint density at radius 1 is 0.350 bits per heavy atom. The molecule has 1 atom stereocenters. The second kappa shape index (κ2) is 16.1. The van der Waals surface area contributed by atoms with Crippen molar-refractivity contribution in [2.75, 3.05) is 9.80 Å². The molecule has 0 aliphatic heterocycles. The minimum Gasteiger partial charge on any atom is -0.310 e. The van der Waals surface area contributed by atoms with Gasteiger partial charge in [0.05, 0.1) is 0 Å². The molecule has 9 aromatic carbocycles. The summed E-state index contributed by atoms with van der Waals surface area (Å²) in [5.41, 5.74) is 16.5. The molecule has 1 aliphatic carbocycles. The fourth-order valence-corrected chi connectivity index (χ4v) is 9.54. The molecule has 1 aliphatic rings. The first-order valence-corrected chi connectivity index (χ1v) is 21.0. The minimum atomic E-state index is -0.558. The highest BCUT2D eigenvalue weighted by molar-refractivity contribution is 5.84. The fraction of sp³-hybridized carbons (Fsp3) is 0.0690. The van der Waals surface area contributed by atoms with Crippen LogP contribution in [0.4, 0.5) is 34.1 Å². The number of para-hydroxylation sites is 4. The van der Waals surface area contributed by atoms with Crippen LogP contribution in [0.1, 0.15) is 46.2 Å². The van der Waals surface area contributed by atoms with Crippen LogP contribution in [0.3, 0.4) is 0 Å². The van der Waals surface area contributed by atoms with Crippen LogP contribution in [0.2, 0.25) is 0 Å². The van der Waals surface area contributed by atoms with E-state index >= 15 is 0 Å². The van der Waals surface area contributed by atoms with E-state index in [4.69, 9.17) is 0 Å². The van der Waals surface area contributed by atoms with Gasteiger partial charge in [0, 0.05) is 45.5 Å². The Kier molecular flexibility index (Phi) is 9.89. The molecule has 0 bridgehead atoms. The summed E-state index contributed by atoms with van der Waals surface area (Å²) in [6, 6.07) is 88.9. The molecular formula is C58H46N2. The summed E-state index contributed by atoms with van der Waals surface area (Å²) >= 11 is 0. The summed E-state index contributed by atoms with van der Waals surface area (Å²) in [7, 11) is 0. The molecule has 0 aromatic heterocycles. The molecule has 0 saturated carbocycles. The molecule has 0 N–H and O–H groups in total. The van der Waals surface area contributed by atoms with Crippen LogP contribution in [0.15, 0.2) is 243 Å². The third-order valence-electron chi connectivity index (χ3n) is 12.3. The van der Waals surface area contributed by atoms with Gasteiger partial charge < -0.3 is 9.80 Å². The van der Waals surface area contributed by atoms with Gasteiger partial charge in [0.2, 0.25) is 0 Å². The maximum absolute atomic E-state index is 2.50. The van der Waals surface area contributed by atoms with Crippen LogP contribution < -0.4 is 9.80 Å². The molecule has 0 amide bonds. The molecule has 2 nitrogen and oxygen atoms in total. The number of rotatable bonds is 8. The molecule has 0 heterocycles. The molecule has 0 spiro atoms. The highest BCUT2D eigenvalue weighted by atomic mass is 15.1. The zero-order valence-corrected chi connectivity index (χ0v) is 33.8. The van der Waals surface area contributed by atoms with Crippen molar-refractivity contribution < 1.29 is 0 Å². The zero-order valence-electron chi connectivity index (χ0n) is 33.8. The maximum atomic E-state index is 2.50. The van der Waals surface area contributed by atoms with E-state index < -0.39 is 5.41 Å². The number of fused-ring (bicyclic) bond motifs is 4. The largest absolute Gasteiger partial charge is 0.310 e. The predicted molar refractivity (Wildman–Crippen MR) is 252 cm³/mol. The first kappa shape index (κ1) is 36.9. The third kappa shape index (κ3) is 6.67. The molecule has 2 heteroatoms. The van der Waals surface area contributed by atoms with E-state index in [1.165, 1.54) is 44.5 Å². The van der Waals surface area contributed by atoms with Gasteiger partial charge in [-0.15, -0.1) is 0 Å². The topological polar surface area (TPSA) is 6.48 Å². The quantitative estimate of drug-likeness (QED) is 0.152. The molecule has 288 valence electrons. The van der Waals surface area contributed by atoms with Crippen molar-refractivity contribution in [1.29, 1.82) is 0 Å². The van der Waals surface area contributed by atoms with E-state index in [1.807, 2.05) is 0 Å². The first-order valence-electron chi connectivity index (χ1n) is 21.0. The lowest BCUT2D eigenvalue weighted by Crippen LogP contribution is -2.34. The highest BCUT2D eigenvalue weighted by Crippen LogP contribution is 2.52. The Balaban J connectivity index is 1.28. The van der Waals surface area contributed by atoms with Gasteiger partial charge in [-0.2, -0.15) is 0 Å². The van der Waals surface area contributed by atoms with Gasteiger partial charge in [0.1, 0.15) is 0 Å². The molecule has 10 rings (SSSR count). The maximum Gasteiger partial charge on any atom is 0.0495 e. The molecule has 60 heavy (non-hydrogen) atoms. The second-order valence-electron chi connectivity index (χ2n) is 15.7. The van der Waals surface area contributed by atoms with Gasteiger partial charge in [0.15, 0.2) is 0 Å². The predicted octanol–water partition coefficient (Wildman–Crippen LogP) is 15.3. The van der Waals surface area contributed by atoms with Crippen LogP contribution in [-0.2, 0) is 11.8 Å². The van der Waals surface area contributed by atoms with E-state index in [9.17, 15) is 0 Å². The number of benzene rings is 9. The highest BCUT2D eigenvalue weighted by Gasteiger charge is 2.41. The Morgan fingerprint density at radius 2 is 0.750 bits per heavy atom. The van der Waals surface area contributed by atoms with Crippen LogP contribution >= 0.6 is 0 Å². The van der Waals surface area contributed by atoms with Crippen LogP contribution in [0, 0.1) is 0 Å². The Hall–Kier alpha value is -7.42. The Labute approximate surface area is 354 Å². The van der Waals surface area contributed by atoms with Crippen LogP contribution in [0.5, 0.6) is 0 Å². The lowest BCUT2D eigenvalue weighted by molar-refractivity contribution is 0.604. The van der Waals surface area contributed by atoms with Crippen molar-refractivity contribution in [2.45, 2.75) is 24.7 Å². The number of nitrogens with zero attached hydrogens (tertiary/aromatic N) is 2. The van der Waals surface area contributed by atoms with E-state index in [1.54, 1.807) is 0 Å². The third-order valence-corrected chi connectivity index (χ3v) is 12.3. The summed E-state index contributed by atoms with van der Waals surface area (Å²) < 4.78 is 0. The van der Waals surface area contributed by atoms with Crippen molar-refractivity contribution in [3.05, 3.63) is 276 Å². The standard InChI is InChI=1S/C58H46N2/c1-43-53-34-20-21-35-55(53)56-40-51(59(47-26-12-4-13-27-47)48-28-14-5-15-29-48)37-36-44(56)42-58(45-22-8-2-9-23-45,46-24-10-3-11-25-46)57-41-52(38-39-54(43)57)60(49-30-16-6-17-31-49)50-32-18-7-19-33-50/h2-41,43H,42H2,1H3. The summed E-state index contributed by atoms with van der Waals surface area (Å²) in [4.78, 5) is 4.78. The average molecular weight is 771 g/mol. The van der Waals surface area contributed by atoms with E-state index in [2.05, 4.69) is 259 Å². The Morgan fingerprint density at radius 3 is 1.23 bits per heavy atom. The van der Waals surface area contributed by atoms with Crippen molar-refractivity contribution in [2.24, 2.45) is 0 Å². The van der Waals surface area contributed by atoms with Crippen molar-refractivity contribution in [3.8, 4) is 11.1 Å². The molecule has 0 fully saturated rings. The lowest BCUT2D eigenvalue weighted by atomic mass is 9.63. The van der Waals surface area contributed by atoms with Crippen molar-refractivity contribution in [1.82, 2.24) is 0 Å². The summed E-state index contributed by atoms with van der Waals surface area (Å²) in [6.45, 7) is 2.40. The molecular weight excluding hydrogens is 725 g/mol. The lowest BCUT2D eigenvalue weighted by Gasteiger charge is -2.39. The van der Waals surface area contributed by atoms with Crippen molar-refractivity contribution >= 4 is 34.1 Å². The monoisotopic (exact) mass is 770 g/mol. The molecule has 0 saturated heterocycles. The van der Waals surface area contributed by atoms with Crippen LogP contribution in [0.25, 0.3) is 11.1 Å². The average Bonchev–Trinajstić information content (AvgIpc) is 3.36. The summed E-state index contributed by atoms with van der Waals surface area (Å²) in [5, 5.41) is 0. The summed E-state index contributed by atoms with van der Waals surface area (Å²) in [6.07, 6.45) is 0.751. The number of hydrogen-bond acceptors (Lipinski definition) is 2. The van der Waals surface area contributed by atoms with Crippen molar-refractivity contribution in [3.63, 3.8) is 0 Å². The fourth-order valence-electron chi connectivity index (χ4n) is 9.54. The SMILES string of the molecule is CC1c2ccccc2-c2cc(N(c3ccccc3)c3ccccc3)ccc2CC(c2ccccc2)(c2ccccc2)c2cc(N(c3ccccc3)c3ccccc3)ccc21. The summed E-state index contributed by atoms with van der Waals surface area (Å²) in [5.74, 6) is 0.0768. The van der Waals surface area contributed by atoms with Gasteiger partial charge >= 0.3 is 0 Å². The molecule has 0 radical (unpaired) electrons. The zero-order chi connectivity index (χ0) is 40.3. The number of anilines is 6. The second-order valence-corrected chi connectivity index (χ2v) is 15.7. The number of hydrogen-bond donors (Lipinski definition) is 0. The smallest absolute Gasteiger partial charge is 0.0495 e. The van der Waals surface area contributed by atoms with Gasteiger partial charge in [-0.3, -0.25) is 0 Å². The first-order chi connectivity index (χ1) is 29.7. The van der Waals surface area contributed by atoms with E-state index in [0.29, 0.717) is 0 Å². The Bertz CT molecular complexity index is 2720. The van der Waals surface area contributed by atoms with Gasteiger partial charge in [-0.05, 0) is 124 Å². The van der Waals surface area contributed by atoms with Crippen LogP contribution in [-0.4, -0.2) is 0 Å². The van der Waals surface area contributed by atoms with E-state index in [0.717, 1.165) is 40.5 Å². The van der Waals surface area contributed by atoms with Gasteiger partial charge in [-0.25, -0.2) is 0 Å².